The number of nitrogens with one attached hydrogen (secondary N) is 1. The summed E-state index contributed by atoms with van der Waals surface area (Å²) in [6.07, 6.45) is 6.41. The zero-order valence-corrected chi connectivity index (χ0v) is 24.2. The van der Waals surface area contributed by atoms with E-state index in [1.165, 1.54) is 11.9 Å². The Kier molecular flexibility index (Phi) is 8.23. The highest BCUT2D eigenvalue weighted by atomic mass is 35.5. The first-order valence-corrected chi connectivity index (χ1v) is 14.1. The van der Waals surface area contributed by atoms with E-state index in [9.17, 15) is 4.79 Å². The third-order valence-electron chi connectivity index (χ3n) is 5.87. The van der Waals surface area contributed by atoms with Gasteiger partial charge in [0.1, 0.15) is 18.0 Å². The van der Waals surface area contributed by atoms with Crippen molar-refractivity contribution < 1.29 is 14.3 Å². The van der Waals surface area contributed by atoms with Gasteiger partial charge in [-0.25, -0.2) is 9.97 Å². The molecule has 0 radical (unpaired) electrons. The smallest absolute Gasteiger partial charge is 0.327 e. The van der Waals surface area contributed by atoms with Crippen LogP contribution >= 0.6 is 35.1 Å². The predicted molar refractivity (Wildman–Crippen MR) is 157 cm³/mol. The van der Waals surface area contributed by atoms with Crippen LogP contribution in [0.15, 0.2) is 66.0 Å². The lowest BCUT2D eigenvalue weighted by molar-refractivity contribution is -0.152. The van der Waals surface area contributed by atoms with E-state index in [0.29, 0.717) is 22.5 Å². The largest absolute Gasteiger partial charge is 0.459 e. The van der Waals surface area contributed by atoms with Crippen LogP contribution in [0.3, 0.4) is 0 Å². The van der Waals surface area contributed by atoms with E-state index in [2.05, 4.69) is 15.3 Å². The molecule has 8 nitrogen and oxygen atoms in total. The van der Waals surface area contributed by atoms with Crippen molar-refractivity contribution in [2.24, 2.45) is 0 Å². The lowest BCUT2D eigenvalue weighted by Gasteiger charge is -2.26. The van der Waals surface area contributed by atoms with Gasteiger partial charge >= 0.3 is 5.97 Å². The molecule has 11 heteroatoms. The Morgan fingerprint density at radius 3 is 2.62 bits per heavy atom. The molecule has 1 aliphatic rings. The summed E-state index contributed by atoms with van der Waals surface area (Å²) in [7, 11) is 0. The molecule has 1 aliphatic heterocycles. The Labute approximate surface area is 241 Å². The molecule has 3 heterocycles. The molecule has 2 aromatic carbocycles. The van der Waals surface area contributed by atoms with Crippen molar-refractivity contribution >= 4 is 63.5 Å². The number of aromatic nitrogens is 3. The first-order chi connectivity index (χ1) is 18.6. The summed E-state index contributed by atoms with van der Waals surface area (Å²) < 4.78 is 14.9. The maximum atomic E-state index is 12.8. The second kappa shape index (κ2) is 11.6. The normalized spacial score (nSPS) is 15.5. The lowest BCUT2D eigenvalue weighted by Crippen LogP contribution is -2.31. The Bertz CT molecular complexity index is 1450. The van der Waals surface area contributed by atoms with Crippen molar-refractivity contribution in [2.45, 2.75) is 43.7 Å². The zero-order chi connectivity index (χ0) is 27.6. The van der Waals surface area contributed by atoms with Crippen molar-refractivity contribution in [3.8, 4) is 5.82 Å². The Morgan fingerprint density at radius 2 is 1.95 bits per heavy atom. The molecule has 0 spiro atoms. The SMILES string of the molecule is CC(C)(C)OC(=O)CN(Sc1cc(Cl)cc(Cl)c1)c1ccc2c(ccn2-c2cnc(N[C@@H]3CCOC3)cn2)c1. The third kappa shape index (κ3) is 7.16. The van der Waals surface area contributed by atoms with E-state index in [1.54, 1.807) is 18.5 Å². The fourth-order valence-corrected chi connectivity index (χ4v) is 5.90. The van der Waals surface area contributed by atoms with Gasteiger partial charge in [-0.15, -0.1) is 0 Å². The van der Waals surface area contributed by atoms with Crippen LogP contribution in [0.1, 0.15) is 27.2 Å². The quantitative estimate of drug-likeness (QED) is 0.179. The molecule has 1 atom stereocenters. The molecule has 1 fully saturated rings. The fourth-order valence-electron chi connectivity index (χ4n) is 4.24. The van der Waals surface area contributed by atoms with Crippen LogP contribution in [0.25, 0.3) is 16.7 Å². The summed E-state index contributed by atoms with van der Waals surface area (Å²) in [5.41, 5.74) is 1.20. The van der Waals surface area contributed by atoms with Crippen LogP contribution in [0, 0.1) is 0 Å². The highest BCUT2D eigenvalue weighted by Gasteiger charge is 2.21. The van der Waals surface area contributed by atoms with Gasteiger partial charge < -0.3 is 19.1 Å². The summed E-state index contributed by atoms with van der Waals surface area (Å²) in [4.78, 5) is 22.8. The highest BCUT2D eigenvalue weighted by molar-refractivity contribution is 8.00. The van der Waals surface area contributed by atoms with Crippen LogP contribution in [0.2, 0.25) is 10.0 Å². The molecular formula is C28H29Cl2N5O3S. The predicted octanol–water partition coefficient (Wildman–Crippen LogP) is 6.78. The van der Waals surface area contributed by atoms with Gasteiger partial charge in [-0.1, -0.05) is 23.2 Å². The van der Waals surface area contributed by atoms with E-state index in [1.807, 2.05) is 72.2 Å². The number of esters is 1. The number of rotatable bonds is 8. The Balaban J connectivity index is 1.40. The summed E-state index contributed by atoms with van der Waals surface area (Å²) in [5.74, 6) is 1.09. The van der Waals surface area contributed by atoms with E-state index in [4.69, 9.17) is 32.7 Å². The van der Waals surface area contributed by atoms with Crippen LogP contribution in [-0.2, 0) is 14.3 Å². The van der Waals surface area contributed by atoms with Gasteiger partial charge in [-0.05, 0) is 81.6 Å². The highest BCUT2D eigenvalue weighted by Crippen LogP contribution is 2.34. The van der Waals surface area contributed by atoms with Crippen LogP contribution in [0.4, 0.5) is 11.5 Å². The van der Waals surface area contributed by atoms with E-state index in [-0.39, 0.29) is 18.6 Å². The number of carbonyl (C=O) groups excluding carboxylic acids is 1. The van der Waals surface area contributed by atoms with Gasteiger partial charge in [0.2, 0.25) is 0 Å². The molecule has 0 aliphatic carbocycles. The molecule has 204 valence electrons. The monoisotopic (exact) mass is 585 g/mol. The summed E-state index contributed by atoms with van der Waals surface area (Å²) in [6, 6.07) is 13.6. The lowest BCUT2D eigenvalue weighted by atomic mass is 10.2. The number of hydrogen-bond acceptors (Lipinski definition) is 8. The number of halogens is 2. The van der Waals surface area contributed by atoms with Crippen LogP contribution in [0.5, 0.6) is 0 Å². The minimum absolute atomic E-state index is 0.0320. The van der Waals surface area contributed by atoms with Gasteiger partial charge in [0.15, 0.2) is 5.82 Å². The number of hydrogen-bond donors (Lipinski definition) is 1. The number of fused-ring (bicyclic) bond motifs is 1. The molecule has 39 heavy (non-hydrogen) atoms. The maximum absolute atomic E-state index is 12.8. The molecule has 0 amide bonds. The second-order valence-electron chi connectivity index (χ2n) is 10.2. The van der Waals surface area contributed by atoms with Gasteiger partial charge in [-0.2, -0.15) is 0 Å². The minimum atomic E-state index is -0.592. The molecule has 0 bridgehead atoms. The minimum Gasteiger partial charge on any atom is -0.459 e. The number of carbonyl (C=O) groups is 1. The number of nitrogens with zero attached hydrogens (tertiary/aromatic N) is 4. The second-order valence-corrected chi connectivity index (χ2v) is 12.2. The average Bonchev–Trinajstić information content (AvgIpc) is 3.52. The summed E-state index contributed by atoms with van der Waals surface area (Å²) >= 11 is 13.8. The molecule has 0 unspecified atom stereocenters. The van der Waals surface area contributed by atoms with Crippen LogP contribution < -0.4 is 9.62 Å². The van der Waals surface area contributed by atoms with Crippen molar-refractivity contribution in [3.05, 3.63) is 71.1 Å². The number of ether oxygens (including phenoxy) is 2. The van der Waals surface area contributed by atoms with Gasteiger partial charge in [0, 0.05) is 38.8 Å². The van der Waals surface area contributed by atoms with Crippen LogP contribution in [-0.4, -0.2) is 51.9 Å². The molecule has 5 rings (SSSR count). The van der Waals surface area contributed by atoms with E-state index >= 15 is 0 Å². The standard InChI is InChI=1S/C28H29Cl2N5O3S/c1-28(2,3)38-27(36)16-35(39-23-12-19(29)11-20(30)13-23)22-4-5-24-18(10-22)6-8-34(24)26-15-31-25(14-32-26)33-21-7-9-37-17-21/h4-6,8,10-15,21H,7,9,16-17H2,1-3H3,(H,31,33)/t21-/m1/s1. The topological polar surface area (TPSA) is 81.5 Å². The molecule has 1 saturated heterocycles. The van der Waals surface area contributed by atoms with Gasteiger partial charge in [-0.3, -0.25) is 9.36 Å². The Hall–Kier alpha value is -2.98. The first kappa shape index (κ1) is 27.6. The molecule has 4 aromatic rings. The molecule has 0 saturated carbocycles. The zero-order valence-electron chi connectivity index (χ0n) is 21.9. The van der Waals surface area contributed by atoms with Gasteiger partial charge in [0.25, 0.3) is 0 Å². The van der Waals surface area contributed by atoms with E-state index < -0.39 is 5.60 Å². The molecular weight excluding hydrogens is 557 g/mol. The van der Waals surface area contributed by atoms with Crippen molar-refractivity contribution in [1.29, 1.82) is 0 Å². The Morgan fingerprint density at radius 1 is 1.15 bits per heavy atom. The number of benzene rings is 2. The first-order valence-electron chi connectivity index (χ1n) is 12.5. The summed E-state index contributed by atoms with van der Waals surface area (Å²) in [5, 5.41) is 5.39. The maximum Gasteiger partial charge on any atom is 0.327 e. The van der Waals surface area contributed by atoms with Crippen molar-refractivity contribution in [3.63, 3.8) is 0 Å². The van der Waals surface area contributed by atoms with Crippen molar-refractivity contribution in [1.82, 2.24) is 14.5 Å². The van der Waals surface area contributed by atoms with Gasteiger partial charge in [0.05, 0.1) is 30.6 Å². The third-order valence-corrected chi connectivity index (χ3v) is 7.32. The fraction of sp³-hybridized carbons (Fsp3) is 0.321. The molecule has 2 aromatic heterocycles. The average molecular weight is 587 g/mol. The van der Waals surface area contributed by atoms with E-state index in [0.717, 1.165) is 40.3 Å². The molecule has 1 N–H and O–H groups in total. The van der Waals surface area contributed by atoms with Crippen molar-refractivity contribution in [2.75, 3.05) is 29.4 Å². The number of anilines is 2. The summed E-state index contributed by atoms with van der Waals surface area (Å²) in [6.45, 7) is 7.03.